The molecular formula is C16H13B. The van der Waals surface area contributed by atoms with Crippen LogP contribution in [0.15, 0.2) is 48.5 Å². The number of fused-ring (bicyclic) bond motifs is 3. The Morgan fingerprint density at radius 2 is 1.24 bits per heavy atom. The first-order chi connectivity index (χ1) is 8.33. The lowest BCUT2D eigenvalue weighted by molar-refractivity contribution is 1.36. The zero-order valence-corrected chi connectivity index (χ0v) is 9.90. The SMILES string of the molecule is [B]Cc1c(C)c2ccccc2c2ccccc12. The zero-order valence-electron chi connectivity index (χ0n) is 9.90. The fourth-order valence-corrected chi connectivity index (χ4v) is 2.65. The van der Waals surface area contributed by atoms with Gasteiger partial charge in [-0.2, -0.15) is 0 Å². The van der Waals surface area contributed by atoms with Crippen LogP contribution >= 0.6 is 0 Å². The molecule has 0 heterocycles. The highest BCUT2D eigenvalue weighted by Gasteiger charge is 2.08. The summed E-state index contributed by atoms with van der Waals surface area (Å²) in [7, 11) is 5.91. The normalized spacial score (nSPS) is 11.1. The van der Waals surface area contributed by atoms with Crippen molar-refractivity contribution >= 4 is 29.4 Å². The van der Waals surface area contributed by atoms with Gasteiger partial charge < -0.3 is 0 Å². The van der Waals surface area contributed by atoms with Crippen LogP contribution in [0, 0.1) is 6.92 Å². The molecule has 0 atom stereocenters. The highest BCUT2D eigenvalue weighted by atomic mass is 14.1. The molecule has 0 N–H and O–H groups in total. The Kier molecular flexibility index (Phi) is 2.40. The highest BCUT2D eigenvalue weighted by molar-refractivity contribution is 6.15. The first-order valence-corrected chi connectivity index (χ1v) is 5.92. The molecular weight excluding hydrogens is 203 g/mol. The second-order valence-electron chi connectivity index (χ2n) is 4.40. The van der Waals surface area contributed by atoms with Crippen molar-refractivity contribution in [3.05, 3.63) is 59.7 Å². The van der Waals surface area contributed by atoms with E-state index in [2.05, 4.69) is 55.5 Å². The molecule has 0 spiro atoms. The van der Waals surface area contributed by atoms with Crippen molar-refractivity contribution in [1.29, 1.82) is 0 Å². The van der Waals surface area contributed by atoms with E-state index < -0.39 is 0 Å². The van der Waals surface area contributed by atoms with Gasteiger partial charge in [0.25, 0.3) is 0 Å². The fraction of sp³-hybridized carbons (Fsp3) is 0.125. The summed E-state index contributed by atoms with van der Waals surface area (Å²) in [5.41, 5.74) is 2.57. The van der Waals surface area contributed by atoms with E-state index in [0.717, 1.165) is 0 Å². The van der Waals surface area contributed by atoms with Crippen LogP contribution < -0.4 is 0 Å². The predicted molar refractivity (Wildman–Crippen MR) is 75.6 cm³/mol. The van der Waals surface area contributed by atoms with Crippen molar-refractivity contribution in [1.82, 2.24) is 0 Å². The van der Waals surface area contributed by atoms with Crippen molar-refractivity contribution < 1.29 is 0 Å². The predicted octanol–water partition coefficient (Wildman–Crippen LogP) is 3.97. The third-order valence-corrected chi connectivity index (χ3v) is 3.53. The molecule has 3 aromatic rings. The molecule has 0 nitrogen and oxygen atoms in total. The number of hydrogen-bond donors (Lipinski definition) is 0. The summed E-state index contributed by atoms with van der Waals surface area (Å²) in [5, 5.41) is 5.21. The molecule has 0 fully saturated rings. The molecule has 80 valence electrons. The quantitative estimate of drug-likeness (QED) is 0.426. The molecule has 2 radical (unpaired) electrons. The van der Waals surface area contributed by atoms with Crippen molar-refractivity contribution in [2.45, 2.75) is 13.2 Å². The van der Waals surface area contributed by atoms with Gasteiger partial charge in [-0.1, -0.05) is 54.9 Å². The number of rotatable bonds is 1. The van der Waals surface area contributed by atoms with Gasteiger partial charge in [0.2, 0.25) is 0 Å². The fourth-order valence-electron chi connectivity index (χ4n) is 2.65. The Morgan fingerprint density at radius 1 is 0.765 bits per heavy atom. The standard InChI is InChI=1S/C16H13B/c1-11-12-6-2-3-7-13(12)14-8-4-5-9-15(14)16(11)10-17/h2-9H,10H2,1H3. The van der Waals surface area contributed by atoms with Gasteiger partial charge in [0.15, 0.2) is 0 Å². The molecule has 0 saturated heterocycles. The molecule has 0 unspecified atom stereocenters. The first-order valence-electron chi connectivity index (χ1n) is 5.92. The van der Waals surface area contributed by atoms with E-state index >= 15 is 0 Å². The molecule has 0 aliphatic carbocycles. The Labute approximate surface area is 103 Å². The van der Waals surface area contributed by atoms with Crippen LogP contribution in [0.5, 0.6) is 0 Å². The van der Waals surface area contributed by atoms with E-state index in [1.807, 2.05) is 0 Å². The molecule has 3 aromatic carbocycles. The van der Waals surface area contributed by atoms with Crippen LogP contribution in [-0.2, 0) is 6.32 Å². The maximum Gasteiger partial charge on any atom is 0.0717 e. The summed E-state index contributed by atoms with van der Waals surface area (Å²) in [6.07, 6.45) is 0.594. The minimum atomic E-state index is 0.594. The van der Waals surface area contributed by atoms with Crippen LogP contribution in [0.4, 0.5) is 0 Å². The van der Waals surface area contributed by atoms with Gasteiger partial charge in [-0.25, -0.2) is 0 Å². The Bertz CT molecular complexity index is 698. The summed E-state index contributed by atoms with van der Waals surface area (Å²) in [6, 6.07) is 17.1. The average Bonchev–Trinajstić information content (AvgIpc) is 2.40. The monoisotopic (exact) mass is 216 g/mol. The van der Waals surface area contributed by atoms with Crippen LogP contribution in [-0.4, -0.2) is 7.85 Å². The first kappa shape index (κ1) is 10.4. The lowest BCUT2D eigenvalue weighted by Crippen LogP contribution is -1.93. The largest absolute Gasteiger partial charge is 0.0717 e. The number of aryl methyl sites for hydroxylation is 1. The van der Waals surface area contributed by atoms with Gasteiger partial charge >= 0.3 is 0 Å². The minimum Gasteiger partial charge on any atom is -0.0634 e. The molecule has 0 saturated carbocycles. The minimum absolute atomic E-state index is 0.594. The van der Waals surface area contributed by atoms with Gasteiger partial charge in [-0.15, -0.1) is 0 Å². The molecule has 1 heteroatoms. The van der Waals surface area contributed by atoms with Crippen LogP contribution in [0.25, 0.3) is 21.5 Å². The summed E-state index contributed by atoms with van der Waals surface area (Å²) in [4.78, 5) is 0. The van der Waals surface area contributed by atoms with Gasteiger partial charge in [-0.05, 0) is 39.6 Å². The third kappa shape index (κ3) is 1.46. The lowest BCUT2D eigenvalue weighted by atomic mass is 9.85. The maximum absolute atomic E-state index is 5.91. The van der Waals surface area contributed by atoms with E-state index in [-0.39, 0.29) is 0 Å². The zero-order chi connectivity index (χ0) is 11.8. The molecule has 0 amide bonds. The highest BCUT2D eigenvalue weighted by Crippen LogP contribution is 2.32. The summed E-state index contributed by atoms with van der Waals surface area (Å²) in [5.74, 6) is 0. The van der Waals surface area contributed by atoms with E-state index in [4.69, 9.17) is 7.85 Å². The summed E-state index contributed by atoms with van der Waals surface area (Å²) in [6.45, 7) is 2.16. The van der Waals surface area contributed by atoms with Crippen molar-refractivity contribution in [2.75, 3.05) is 0 Å². The second kappa shape index (κ2) is 3.92. The van der Waals surface area contributed by atoms with E-state index in [1.165, 1.54) is 32.7 Å². The average molecular weight is 216 g/mol. The Hall–Kier alpha value is -1.76. The Balaban J connectivity index is 2.64. The molecule has 17 heavy (non-hydrogen) atoms. The number of hydrogen-bond acceptors (Lipinski definition) is 0. The van der Waals surface area contributed by atoms with Crippen molar-refractivity contribution in [3.63, 3.8) is 0 Å². The van der Waals surface area contributed by atoms with Crippen LogP contribution in [0.3, 0.4) is 0 Å². The topological polar surface area (TPSA) is 0 Å². The van der Waals surface area contributed by atoms with Crippen LogP contribution in [0.2, 0.25) is 0 Å². The van der Waals surface area contributed by atoms with Crippen molar-refractivity contribution in [2.24, 2.45) is 0 Å². The Morgan fingerprint density at radius 3 is 1.82 bits per heavy atom. The summed E-state index contributed by atoms with van der Waals surface area (Å²) < 4.78 is 0. The van der Waals surface area contributed by atoms with Gasteiger partial charge in [0, 0.05) is 0 Å². The number of benzene rings is 3. The summed E-state index contributed by atoms with van der Waals surface area (Å²) >= 11 is 0. The van der Waals surface area contributed by atoms with Gasteiger partial charge in [-0.3, -0.25) is 0 Å². The van der Waals surface area contributed by atoms with E-state index in [1.54, 1.807) is 0 Å². The van der Waals surface area contributed by atoms with E-state index in [9.17, 15) is 0 Å². The van der Waals surface area contributed by atoms with Crippen molar-refractivity contribution in [3.8, 4) is 0 Å². The third-order valence-electron chi connectivity index (χ3n) is 3.53. The second-order valence-corrected chi connectivity index (χ2v) is 4.40. The lowest BCUT2D eigenvalue weighted by Gasteiger charge is -2.13. The molecule has 0 bridgehead atoms. The van der Waals surface area contributed by atoms with Gasteiger partial charge in [0.05, 0.1) is 7.85 Å². The molecule has 0 aliphatic rings. The molecule has 0 aliphatic heterocycles. The van der Waals surface area contributed by atoms with E-state index in [0.29, 0.717) is 6.32 Å². The maximum atomic E-state index is 5.91. The molecule has 3 rings (SSSR count). The smallest absolute Gasteiger partial charge is 0.0634 e. The van der Waals surface area contributed by atoms with Gasteiger partial charge in [0.1, 0.15) is 0 Å². The molecule has 0 aromatic heterocycles. The van der Waals surface area contributed by atoms with Crippen LogP contribution in [0.1, 0.15) is 11.1 Å².